The number of amides is 1. The smallest absolute Gasteiger partial charge is 0.259 e. The third-order valence-electron chi connectivity index (χ3n) is 8.55. The van der Waals surface area contributed by atoms with Crippen molar-refractivity contribution in [2.45, 2.75) is 38.6 Å². The van der Waals surface area contributed by atoms with Crippen LogP contribution in [0.2, 0.25) is 10.0 Å². The molecule has 1 N–H and O–H groups in total. The van der Waals surface area contributed by atoms with E-state index in [-0.39, 0.29) is 34.9 Å². The molecule has 1 aliphatic carbocycles. The number of nitrogens with one attached hydrogen (secondary N) is 1. The molecule has 0 saturated heterocycles. The zero-order valence-electron chi connectivity index (χ0n) is 24.5. The summed E-state index contributed by atoms with van der Waals surface area (Å²) in [5.41, 5.74) is 5.78. The lowest BCUT2D eigenvalue weighted by molar-refractivity contribution is -0.116. The van der Waals surface area contributed by atoms with Crippen molar-refractivity contribution in [2.75, 3.05) is 28.2 Å². The fourth-order valence-corrected chi connectivity index (χ4v) is 6.62. The van der Waals surface area contributed by atoms with Gasteiger partial charge >= 0.3 is 0 Å². The van der Waals surface area contributed by atoms with E-state index in [0.717, 1.165) is 35.6 Å². The Morgan fingerprint density at radius 2 is 1.57 bits per heavy atom. The van der Waals surface area contributed by atoms with Gasteiger partial charge in [0.15, 0.2) is 5.78 Å². The van der Waals surface area contributed by atoms with E-state index in [1.165, 1.54) is 12.1 Å². The minimum atomic E-state index is -0.712. The Labute approximate surface area is 266 Å². The second kappa shape index (κ2) is 12.5. The summed E-state index contributed by atoms with van der Waals surface area (Å²) in [6.45, 7) is 5.94. The molecule has 0 radical (unpaired) electrons. The Kier molecular flexibility index (Phi) is 8.48. The quantitative estimate of drug-likeness (QED) is 0.231. The maximum Gasteiger partial charge on any atom is 0.259 e. The van der Waals surface area contributed by atoms with E-state index in [1.54, 1.807) is 35.2 Å². The molecule has 0 bridgehead atoms. The number of carbonyl (C=O) groups is 2. The van der Waals surface area contributed by atoms with E-state index in [0.29, 0.717) is 34.0 Å². The lowest BCUT2D eigenvalue weighted by Gasteiger charge is -2.35. The van der Waals surface area contributed by atoms with Gasteiger partial charge in [0.05, 0.1) is 27.5 Å². The van der Waals surface area contributed by atoms with Crippen LogP contribution in [0.25, 0.3) is 0 Å². The van der Waals surface area contributed by atoms with Gasteiger partial charge in [0.2, 0.25) is 0 Å². The summed E-state index contributed by atoms with van der Waals surface area (Å²) in [6, 6.07) is 26.1. The number of ketones is 1. The first-order chi connectivity index (χ1) is 21.3. The average Bonchev–Trinajstić information content (AvgIpc) is 3.18. The molecule has 44 heavy (non-hydrogen) atoms. The summed E-state index contributed by atoms with van der Waals surface area (Å²) < 4.78 is 13.7. The highest BCUT2D eigenvalue weighted by Gasteiger charge is 2.42. The standard InChI is InChI=1S/C36H32Cl2FN3O2/c1-3-41(4-2)27-16-11-23(12-17-27)35-34-31(20-25(21-33(34)43)22-9-14-26(39)15-10-22)40-30-7-5-6-8-32(30)42(35)36(44)24-13-18-28(37)29(38)19-24/h5-19,25,35,40H,3-4,20-21H2,1-2H3. The average molecular weight is 629 g/mol. The Hall–Kier alpha value is -4.13. The van der Waals surface area contributed by atoms with E-state index >= 15 is 0 Å². The van der Waals surface area contributed by atoms with Crippen LogP contribution in [0.15, 0.2) is 102 Å². The Morgan fingerprint density at radius 3 is 2.25 bits per heavy atom. The normalized spacial score (nSPS) is 17.8. The number of Topliss-reactive ketones (excluding diaryl/α,β-unsaturated/α-hetero) is 1. The van der Waals surface area contributed by atoms with Crippen LogP contribution in [0.3, 0.4) is 0 Å². The highest BCUT2D eigenvalue weighted by atomic mass is 35.5. The van der Waals surface area contributed by atoms with Gasteiger partial charge in [-0.15, -0.1) is 0 Å². The lowest BCUT2D eigenvalue weighted by atomic mass is 9.78. The Morgan fingerprint density at radius 1 is 0.886 bits per heavy atom. The van der Waals surface area contributed by atoms with Gasteiger partial charge in [-0.1, -0.05) is 59.6 Å². The molecule has 1 heterocycles. The first-order valence-corrected chi connectivity index (χ1v) is 15.6. The van der Waals surface area contributed by atoms with Gasteiger partial charge < -0.3 is 10.2 Å². The van der Waals surface area contributed by atoms with Gasteiger partial charge in [-0.2, -0.15) is 0 Å². The van der Waals surface area contributed by atoms with Crippen molar-refractivity contribution in [1.82, 2.24) is 0 Å². The van der Waals surface area contributed by atoms with Gasteiger partial charge in [-0.25, -0.2) is 4.39 Å². The molecule has 1 amide bonds. The van der Waals surface area contributed by atoms with Crippen LogP contribution in [0.5, 0.6) is 0 Å². The minimum absolute atomic E-state index is 0.0642. The fraction of sp³-hybridized carbons (Fsp3) is 0.222. The van der Waals surface area contributed by atoms with E-state index < -0.39 is 6.04 Å². The molecule has 224 valence electrons. The molecule has 1 aliphatic heterocycles. The number of halogens is 3. The minimum Gasteiger partial charge on any atom is -0.372 e. The molecule has 4 aromatic rings. The number of hydrogen-bond acceptors (Lipinski definition) is 4. The third-order valence-corrected chi connectivity index (χ3v) is 9.29. The number of anilines is 3. The van der Waals surface area contributed by atoms with Crippen LogP contribution in [0, 0.1) is 5.82 Å². The van der Waals surface area contributed by atoms with Crippen molar-refractivity contribution >= 4 is 52.0 Å². The predicted octanol–water partition coefficient (Wildman–Crippen LogP) is 9.19. The summed E-state index contributed by atoms with van der Waals surface area (Å²) in [6.07, 6.45) is 0.773. The van der Waals surface area contributed by atoms with Crippen molar-refractivity contribution in [1.29, 1.82) is 0 Å². The van der Waals surface area contributed by atoms with Crippen molar-refractivity contribution in [2.24, 2.45) is 0 Å². The summed E-state index contributed by atoms with van der Waals surface area (Å²) in [5.74, 6) is -0.824. The first kappa shape index (κ1) is 29.9. The molecule has 2 unspecified atom stereocenters. The summed E-state index contributed by atoms with van der Waals surface area (Å²) in [7, 11) is 0. The SMILES string of the molecule is CCN(CC)c1ccc(C2C3=C(CC(c4ccc(F)cc4)CC3=O)Nc3ccccc3N2C(=O)c2ccc(Cl)c(Cl)c2)cc1. The largest absolute Gasteiger partial charge is 0.372 e. The maximum atomic E-state index is 14.5. The zero-order chi connectivity index (χ0) is 31.0. The van der Waals surface area contributed by atoms with E-state index in [9.17, 15) is 14.0 Å². The highest BCUT2D eigenvalue weighted by Crippen LogP contribution is 2.48. The summed E-state index contributed by atoms with van der Waals surface area (Å²) >= 11 is 12.6. The van der Waals surface area contributed by atoms with Crippen LogP contribution in [-0.4, -0.2) is 24.8 Å². The molecule has 0 spiro atoms. The third kappa shape index (κ3) is 5.60. The molecule has 2 aliphatic rings. The second-order valence-corrected chi connectivity index (χ2v) is 11.9. The van der Waals surface area contributed by atoms with Crippen molar-refractivity contribution in [3.8, 4) is 0 Å². The fourth-order valence-electron chi connectivity index (χ4n) is 6.32. The number of fused-ring (bicyclic) bond motifs is 1. The van der Waals surface area contributed by atoms with Crippen LogP contribution >= 0.6 is 23.2 Å². The molecule has 8 heteroatoms. The molecule has 2 atom stereocenters. The summed E-state index contributed by atoms with van der Waals surface area (Å²) in [4.78, 5) is 32.8. The molecule has 0 fully saturated rings. The van der Waals surface area contributed by atoms with Gasteiger partial charge in [0, 0.05) is 42.0 Å². The maximum absolute atomic E-state index is 14.5. The molecule has 5 nitrogen and oxygen atoms in total. The highest BCUT2D eigenvalue weighted by molar-refractivity contribution is 6.42. The van der Waals surface area contributed by atoms with E-state index in [4.69, 9.17) is 23.2 Å². The molecule has 0 saturated carbocycles. The number of nitrogens with zero attached hydrogens (tertiary/aromatic N) is 2. The van der Waals surface area contributed by atoms with Crippen LogP contribution in [-0.2, 0) is 4.79 Å². The number of hydrogen-bond donors (Lipinski definition) is 1. The second-order valence-electron chi connectivity index (χ2n) is 11.1. The number of benzene rings is 4. The number of carbonyl (C=O) groups excluding carboxylic acids is 2. The first-order valence-electron chi connectivity index (χ1n) is 14.8. The van der Waals surface area contributed by atoms with Gasteiger partial charge in [0.1, 0.15) is 5.82 Å². The molecule has 0 aromatic heterocycles. The zero-order valence-corrected chi connectivity index (χ0v) is 26.0. The van der Waals surface area contributed by atoms with Gasteiger partial charge in [-0.3, -0.25) is 14.5 Å². The predicted molar refractivity (Wildman–Crippen MR) is 176 cm³/mol. The molecule has 4 aromatic carbocycles. The summed E-state index contributed by atoms with van der Waals surface area (Å²) in [5, 5.41) is 4.17. The number of allylic oxidation sites excluding steroid dienone is 1. The van der Waals surface area contributed by atoms with Crippen LogP contribution < -0.4 is 15.1 Å². The van der Waals surface area contributed by atoms with Crippen molar-refractivity contribution in [3.05, 3.63) is 135 Å². The van der Waals surface area contributed by atoms with Gasteiger partial charge in [0.25, 0.3) is 5.91 Å². The van der Waals surface area contributed by atoms with E-state index in [2.05, 4.69) is 24.1 Å². The van der Waals surface area contributed by atoms with Crippen molar-refractivity contribution in [3.63, 3.8) is 0 Å². The van der Waals surface area contributed by atoms with Crippen molar-refractivity contribution < 1.29 is 14.0 Å². The molecular formula is C36H32Cl2FN3O2. The molecule has 6 rings (SSSR count). The lowest BCUT2D eigenvalue weighted by Crippen LogP contribution is -2.38. The number of para-hydroxylation sites is 2. The Bertz CT molecular complexity index is 1750. The number of rotatable bonds is 6. The topological polar surface area (TPSA) is 52.7 Å². The van der Waals surface area contributed by atoms with Gasteiger partial charge in [-0.05, 0) is 91.9 Å². The van der Waals surface area contributed by atoms with Crippen LogP contribution in [0.4, 0.5) is 21.5 Å². The van der Waals surface area contributed by atoms with E-state index in [1.807, 2.05) is 48.5 Å². The Balaban J connectivity index is 1.54. The molecular weight excluding hydrogens is 596 g/mol. The monoisotopic (exact) mass is 627 g/mol. The van der Waals surface area contributed by atoms with Crippen LogP contribution in [0.1, 0.15) is 60.1 Å².